The molecule has 8 nitrogen and oxygen atoms in total. The van der Waals surface area contributed by atoms with Gasteiger partial charge in [-0.3, -0.25) is 14.1 Å². The Labute approximate surface area is 293 Å². The van der Waals surface area contributed by atoms with Crippen LogP contribution in [0.2, 0.25) is 0 Å². The molecule has 0 fully saturated rings. The van der Waals surface area contributed by atoms with E-state index in [2.05, 4.69) is 67.0 Å². The summed E-state index contributed by atoms with van der Waals surface area (Å²) in [6, 6.07) is 0. The van der Waals surface area contributed by atoms with Gasteiger partial charge >= 0.3 is 19.8 Å². The van der Waals surface area contributed by atoms with Crippen LogP contribution < -0.4 is 0 Å². The number of allylic oxidation sites excluding steroid dienone is 8. The fraction of sp³-hybridized carbons (Fsp3) is 0.744. The maximum absolute atomic E-state index is 12.4. The number of carbonyl (C=O) groups is 2. The second-order valence-corrected chi connectivity index (χ2v) is 13.8. The van der Waals surface area contributed by atoms with Gasteiger partial charge < -0.3 is 19.3 Å². The number of esters is 2. The molecule has 0 aliphatic rings. The molecular weight excluding hydrogens is 627 g/mol. The lowest BCUT2D eigenvalue weighted by Crippen LogP contribution is -2.29. The first-order chi connectivity index (χ1) is 23.3. The molecule has 2 N–H and O–H groups in total. The number of hydrogen-bond acceptors (Lipinski definition) is 6. The molecule has 1 atom stereocenters. The van der Waals surface area contributed by atoms with Crippen molar-refractivity contribution in [2.75, 3.05) is 13.2 Å². The van der Waals surface area contributed by atoms with Gasteiger partial charge in [-0.1, -0.05) is 133 Å². The zero-order valence-corrected chi connectivity index (χ0v) is 31.3. The molecule has 0 radical (unpaired) electrons. The molecule has 0 aliphatic carbocycles. The molecule has 278 valence electrons. The lowest BCUT2D eigenvalue weighted by atomic mass is 10.1. The van der Waals surface area contributed by atoms with Crippen molar-refractivity contribution in [3.05, 3.63) is 48.6 Å². The van der Waals surface area contributed by atoms with E-state index >= 15 is 0 Å². The molecule has 0 saturated carbocycles. The first-order valence-electron chi connectivity index (χ1n) is 18.9. The minimum atomic E-state index is -4.76. The van der Waals surface area contributed by atoms with Gasteiger partial charge in [-0.15, -0.1) is 0 Å². The molecule has 0 aromatic rings. The Morgan fingerprint density at radius 1 is 0.562 bits per heavy atom. The lowest BCUT2D eigenvalue weighted by Gasteiger charge is -2.18. The van der Waals surface area contributed by atoms with Crippen LogP contribution in [-0.4, -0.2) is 41.0 Å². The molecule has 0 aromatic heterocycles. The van der Waals surface area contributed by atoms with Crippen molar-refractivity contribution in [1.82, 2.24) is 0 Å². The summed E-state index contributed by atoms with van der Waals surface area (Å²) < 4.78 is 26.3. The maximum Gasteiger partial charge on any atom is 0.469 e. The summed E-state index contributed by atoms with van der Waals surface area (Å²) in [5.41, 5.74) is 0. The largest absolute Gasteiger partial charge is 0.469 e. The van der Waals surface area contributed by atoms with Crippen molar-refractivity contribution < 1.29 is 37.9 Å². The minimum absolute atomic E-state index is 0.191. The Kier molecular flexibility index (Phi) is 33.4. The van der Waals surface area contributed by atoms with Gasteiger partial charge in [0.05, 0.1) is 6.61 Å². The van der Waals surface area contributed by atoms with E-state index in [1.807, 2.05) is 0 Å². The molecule has 0 spiro atoms. The van der Waals surface area contributed by atoms with E-state index in [-0.39, 0.29) is 19.4 Å². The quantitative estimate of drug-likeness (QED) is 0.0224. The number of carbonyl (C=O) groups excluding carboxylic acids is 2. The monoisotopic (exact) mass is 696 g/mol. The number of rotatable bonds is 34. The van der Waals surface area contributed by atoms with Gasteiger partial charge in [0.15, 0.2) is 6.10 Å². The highest BCUT2D eigenvalue weighted by Gasteiger charge is 2.22. The average molecular weight is 697 g/mol. The summed E-state index contributed by atoms with van der Waals surface area (Å²) in [5, 5.41) is 0. The molecule has 0 aromatic carbocycles. The predicted octanol–water partition coefficient (Wildman–Crippen LogP) is 11.2. The number of hydrogen-bond donors (Lipinski definition) is 2. The Hall–Kier alpha value is -1.99. The van der Waals surface area contributed by atoms with Gasteiger partial charge in [0.2, 0.25) is 0 Å². The van der Waals surface area contributed by atoms with E-state index in [9.17, 15) is 14.2 Å². The Bertz CT molecular complexity index is 921. The van der Waals surface area contributed by atoms with Gasteiger partial charge in [0.1, 0.15) is 6.61 Å². The van der Waals surface area contributed by atoms with Crippen LogP contribution in [0.4, 0.5) is 0 Å². The van der Waals surface area contributed by atoms with Crippen molar-refractivity contribution >= 4 is 19.8 Å². The molecular formula is C39H69O8P. The van der Waals surface area contributed by atoms with Crippen molar-refractivity contribution in [2.45, 2.75) is 174 Å². The van der Waals surface area contributed by atoms with Gasteiger partial charge in [-0.05, 0) is 70.6 Å². The van der Waals surface area contributed by atoms with E-state index in [0.29, 0.717) is 12.8 Å². The molecule has 0 saturated heterocycles. The van der Waals surface area contributed by atoms with Crippen LogP contribution in [0.25, 0.3) is 0 Å². The summed E-state index contributed by atoms with van der Waals surface area (Å²) in [5.74, 6) is -0.922. The van der Waals surface area contributed by atoms with Crippen molar-refractivity contribution in [3.8, 4) is 0 Å². The van der Waals surface area contributed by atoms with E-state index in [1.165, 1.54) is 51.4 Å². The van der Waals surface area contributed by atoms with E-state index < -0.39 is 32.5 Å². The van der Waals surface area contributed by atoms with Crippen LogP contribution in [0.15, 0.2) is 48.6 Å². The Morgan fingerprint density at radius 2 is 1.00 bits per heavy atom. The summed E-state index contributed by atoms with van der Waals surface area (Å²) in [6.45, 7) is 3.60. The highest BCUT2D eigenvalue weighted by Crippen LogP contribution is 2.36. The number of ether oxygens (including phenoxy) is 2. The van der Waals surface area contributed by atoms with Crippen LogP contribution >= 0.6 is 7.82 Å². The van der Waals surface area contributed by atoms with Gasteiger partial charge in [0, 0.05) is 12.8 Å². The highest BCUT2D eigenvalue weighted by atomic mass is 31.2. The number of phosphoric acid groups is 1. The molecule has 0 bridgehead atoms. The number of unbranched alkanes of at least 4 members (excludes halogenated alkanes) is 17. The van der Waals surface area contributed by atoms with E-state index in [4.69, 9.17) is 19.3 Å². The first kappa shape index (κ1) is 46.0. The van der Waals surface area contributed by atoms with Crippen LogP contribution in [0.5, 0.6) is 0 Å². The first-order valence-corrected chi connectivity index (χ1v) is 20.5. The maximum atomic E-state index is 12.4. The smallest absolute Gasteiger partial charge is 0.462 e. The van der Waals surface area contributed by atoms with E-state index in [0.717, 1.165) is 77.0 Å². The van der Waals surface area contributed by atoms with E-state index in [1.54, 1.807) is 0 Å². The average Bonchev–Trinajstić information content (AvgIpc) is 3.05. The molecule has 0 rings (SSSR count). The third-order valence-electron chi connectivity index (χ3n) is 7.85. The fourth-order valence-electron chi connectivity index (χ4n) is 4.98. The fourth-order valence-corrected chi connectivity index (χ4v) is 5.34. The lowest BCUT2D eigenvalue weighted by molar-refractivity contribution is -0.161. The van der Waals surface area contributed by atoms with Crippen molar-refractivity contribution in [1.29, 1.82) is 0 Å². The molecule has 9 heteroatoms. The van der Waals surface area contributed by atoms with Crippen LogP contribution in [0.3, 0.4) is 0 Å². The summed E-state index contributed by atoms with van der Waals surface area (Å²) in [4.78, 5) is 42.7. The van der Waals surface area contributed by atoms with Crippen LogP contribution in [-0.2, 0) is 28.2 Å². The molecule has 0 amide bonds. The Balaban J connectivity index is 4.03. The predicted molar refractivity (Wildman–Crippen MR) is 198 cm³/mol. The van der Waals surface area contributed by atoms with Crippen LogP contribution in [0.1, 0.15) is 168 Å². The summed E-state index contributed by atoms with van der Waals surface area (Å²) >= 11 is 0. The Morgan fingerprint density at radius 3 is 1.54 bits per heavy atom. The van der Waals surface area contributed by atoms with Gasteiger partial charge in [-0.25, -0.2) is 4.57 Å². The summed E-state index contributed by atoms with van der Waals surface area (Å²) in [7, 11) is -4.76. The van der Waals surface area contributed by atoms with Crippen LogP contribution in [0, 0.1) is 0 Å². The highest BCUT2D eigenvalue weighted by molar-refractivity contribution is 7.46. The molecule has 48 heavy (non-hydrogen) atoms. The normalized spacial score (nSPS) is 13.0. The zero-order chi connectivity index (χ0) is 35.4. The zero-order valence-electron chi connectivity index (χ0n) is 30.4. The molecule has 0 heterocycles. The molecule has 0 unspecified atom stereocenters. The number of phosphoric ester groups is 1. The van der Waals surface area contributed by atoms with Crippen molar-refractivity contribution in [2.24, 2.45) is 0 Å². The standard InChI is InChI=1S/C39H69O8P/c1-3-5-7-9-11-13-15-17-19-21-23-25-27-29-31-33-38(40)45-35-37(36-46-48(42,43)44)47-39(41)34-32-30-28-26-24-22-20-18-16-14-12-10-8-6-4-2/h12-15,17-20,37H,3-11,16,21-36H2,1-2H3,(H2,42,43,44)/b14-12+,15-13+,19-17+,20-18+/t37-/m1/s1. The second kappa shape index (κ2) is 34.9. The third-order valence-corrected chi connectivity index (χ3v) is 8.33. The van der Waals surface area contributed by atoms with Gasteiger partial charge in [0.25, 0.3) is 0 Å². The SMILES string of the molecule is CCCCC/C=C/C/C=C/CCCCCCCC(=O)O[C@H](COC(=O)CCCCCCC/C=C/C=C/CCCCCC)COP(=O)(O)O. The second-order valence-electron chi connectivity index (χ2n) is 12.6. The topological polar surface area (TPSA) is 119 Å². The third kappa shape index (κ3) is 36.8. The molecule has 0 aliphatic heterocycles. The van der Waals surface area contributed by atoms with Crippen molar-refractivity contribution in [3.63, 3.8) is 0 Å². The summed E-state index contributed by atoms with van der Waals surface area (Å²) in [6.07, 6.45) is 41.1. The van der Waals surface area contributed by atoms with Gasteiger partial charge in [-0.2, -0.15) is 0 Å². The minimum Gasteiger partial charge on any atom is -0.462 e.